The van der Waals surface area contributed by atoms with E-state index < -0.39 is 24.5 Å². The molecule has 2 rings (SSSR count). The molecule has 0 bridgehead atoms. The van der Waals surface area contributed by atoms with Gasteiger partial charge < -0.3 is 40.2 Å². The Morgan fingerprint density at radius 2 is 1.73 bits per heavy atom. The lowest BCUT2D eigenvalue weighted by molar-refractivity contribution is -0.147. The number of carbonyl (C=O) groups excluding carboxylic acids is 2. The van der Waals surface area contributed by atoms with Crippen LogP contribution in [-0.2, 0) is 40.0 Å². The van der Waals surface area contributed by atoms with E-state index in [1.807, 2.05) is 26.8 Å². The smallest absolute Gasteiger partial charge is 0.322 e. The maximum atomic E-state index is 11.1. The molecule has 1 saturated carbocycles. The summed E-state index contributed by atoms with van der Waals surface area (Å²) in [6.07, 6.45) is 15.3. The van der Waals surface area contributed by atoms with Gasteiger partial charge in [0.25, 0.3) is 0 Å². The van der Waals surface area contributed by atoms with Crippen molar-refractivity contribution in [2.45, 2.75) is 116 Å². The molecule has 15 heteroatoms. The number of carboxylic acids is 1. The molecule has 1 fully saturated rings. The average molecular weight is 700 g/mol. The van der Waals surface area contributed by atoms with Gasteiger partial charge in [-0.3, -0.25) is 14.4 Å². The fourth-order valence-corrected chi connectivity index (χ4v) is 4.67. The zero-order valence-electron chi connectivity index (χ0n) is 29.1. The molecule has 0 aliphatic heterocycles. The summed E-state index contributed by atoms with van der Waals surface area (Å²) in [5.74, 6) is -0.936. The van der Waals surface area contributed by atoms with Crippen LogP contribution in [0.4, 0.5) is 0 Å². The van der Waals surface area contributed by atoms with E-state index in [0.29, 0.717) is 6.42 Å². The highest BCUT2D eigenvalue weighted by atomic mass is 16.8. The number of allylic oxidation sites excluding steroid dienone is 2. The Labute approximate surface area is 289 Å². The Kier molecular flexibility index (Phi) is 31.4. The normalized spacial score (nSPS) is 15.4. The predicted octanol–water partition coefficient (Wildman–Crippen LogP) is 5.17. The lowest BCUT2D eigenvalue weighted by Gasteiger charge is -2.11. The van der Waals surface area contributed by atoms with Gasteiger partial charge in [0.2, 0.25) is 5.91 Å². The number of nitrogens with zero attached hydrogens (tertiary/aromatic N) is 2. The lowest BCUT2D eigenvalue weighted by atomic mass is 9.98. The molecule has 1 aliphatic carbocycles. The zero-order valence-corrected chi connectivity index (χ0v) is 29.1. The van der Waals surface area contributed by atoms with E-state index in [2.05, 4.69) is 62.1 Å². The van der Waals surface area contributed by atoms with Gasteiger partial charge in [-0.1, -0.05) is 61.7 Å². The number of aliphatic hydroxyl groups excluding tert-OH is 1. The Morgan fingerprint density at radius 1 is 1.00 bits per heavy atom. The Bertz CT molecular complexity index is 1030. The van der Waals surface area contributed by atoms with Crippen molar-refractivity contribution in [3.8, 4) is 0 Å². The van der Waals surface area contributed by atoms with Crippen molar-refractivity contribution >= 4 is 17.8 Å². The number of rotatable bonds is 23. The summed E-state index contributed by atoms with van der Waals surface area (Å²) >= 11 is 0. The monoisotopic (exact) mass is 699 g/mol. The number of nitrogens with one attached hydrogen (secondary N) is 1. The molecule has 1 aromatic carbocycles. The highest BCUT2D eigenvalue weighted by Gasteiger charge is 2.21. The van der Waals surface area contributed by atoms with Crippen LogP contribution < -0.4 is 5.32 Å². The van der Waals surface area contributed by atoms with Gasteiger partial charge >= 0.3 is 11.9 Å². The second kappa shape index (κ2) is 32.6. The van der Waals surface area contributed by atoms with Crippen molar-refractivity contribution in [3.63, 3.8) is 0 Å². The molecule has 1 aliphatic rings. The molecule has 0 aromatic heterocycles. The van der Waals surface area contributed by atoms with E-state index in [9.17, 15) is 29.3 Å². The Hall–Kier alpha value is -3.95. The van der Waals surface area contributed by atoms with Crippen molar-refractivity contribution < 1.29 is 49.2 Å². The van der Waals surface area contributed by atoms with Crippen LogP contribution >= 0.6 is 0 Å². The second-order valence-electron chi connectivity index (χ2n) is 11.6. The number of carboxylic acid groups (broad SMARTS) is 1. The van der Waals surface area contributed by atoms with Gasteiger partial charge in [-0.05, 0) is 77.2 Å². The number of ether oxygens (including phenoxy) is 2. The zero-order chi connectivity index (χ0) is 35.8. The van der Waals surface area contributed by atoms with Crippen LogP contribution in [0.25, 0.3) is 0 Å². The molecule has 1 amide bonds. The van der Waals surface area contributed by atoms with Crippen LogP contribution in [0.3, 0.4) is 0 Å². The first-order valence-corrected chi connectivity index (χ1v) is 16.6. The van der Waals surface area contributed by atoms with E-state index >= 15 is 0 Å². The van der Waals surface area contributed by atoms with Crippen LogP contribution in [0, 0.1) is 15.7 Å². The van der Waals surface area contributed by atoms with Crippen LogP contribution in [-0.4, -0.2) is 78.2 Å². The minimum absolute atomic E-state index is 0. The summed E-state index contributed by atoms with van der Waals surface area (Å²) < 4.78 is 9.93. The number of amides is 1. The predicted molar refractivity (Wildman–Crippen MR) is 184 cm³/mol. The molecule has 3 unspecified atom stereocenters. The first-order valence-electron chi connectivity index (χ1n) is 16.6. The third-order valence-corrected chi connectivity index (χ3v) is 7.01. The summed E-state index contributed by atoms with van der Waals surface area (Å²) in [5, 5.41) is 24.1. The largest absolute Gasteiger partial charge is 0.480 e. The number of aliphatic hydroxyl groups is 1. The quantitative estimate of drug-likeness (QED) is 0.0443. The van der Waals surface area contributed by atoms with Crippen LogP contribution in [0.2, 0.25) is 0 Å². The fraction of sp³-hybridized carbons (Fsp3) is 0.676. The molecule has 49 heavy (non-hydrogen) atoms. The first-order chi connectivity index (χ1) is 23.1. The topological polar surface area (TPSA) is 231 Å². The first kappa shape index (κ1) is 47.2. The highest BCUT2D eigenvalue weighted by Crippen LogP contribution is 2.29. The third-order valence-electron chi connectivity index (χ3n) is 7.01. The molecular weight excluding hydrogens is 642 g/mol. The number of esters is 1. The van der Waals surface area contributed by atoms with Crippen LogP contribution in [0.1, 0.15) is 97.0 Å². The van der Waals surface area contributed by atoms with Crippen LogP contribution in [0.5, 0.6) is 0 Å². The molecule has 15 nitrogen and oxygen atoms in total. The van der Waals surface area contributed by atoms with Crippen molar-refractivity contribution in [2.24, 2.45) is 16.6 Å². The van der Waals surface area contributed by atoms with E-state index in [1.165, 1.54) is 44.1 Å². The molecule has 3 atom stereocenters. The minimum atomic E-state index is -1.15. The van der Waals surface area contributed by atoms with Gasteiger partial charge in [0, 0.05) is 12.8 Å². The second-order valence-corrected chi connectivity index (χ2v) is 11.6. The molecule has 1 aromatic rings. The van der Waals surface area contributed by atoms with Gasteiger partial charge in [-0.15, -0.1) is 9.81 Å². The lowest BCUT2D eigenvalue weighted by Crippen LogP contribution is -2.30. The van der Waals surface area contributed by atoms with Gasteiger partial charge in [-0.25, -0.2) is 0 Å². The average Bonchev–Trinajstić information content (AvgIpc) is 3.48. The van der Waals surface area contributed by atoms with Gasteiger partial charge in [-0.2, -0.15) is 0 Å². The molecule has 0 heterocycles. The van der Waals surface area contributed by atoms with Gasteiger partial charge in [0.05, 0.1) is 25.4 Å². The van der Waals surface area contributed by atoms with E-state index in [1.54, 1.807) is 0 Å². The summed E-state index contributed by atoms with van der Waals surface area (Å²) in [5.41, 5.74) is 1.46. The van der Waals surface area contributed by atoms with E-state index in [-0.39, 0.29) is 49.9 Å². The number of benzene rings is 1. The standard InChI is InChI=1S/C16H24O.C10H18O2.C8H13N3O8.H2O/c17-16-12-11-15(13-16)10-6-2-5-9-14-7-3-1-4-8-14;1-4-5-6-7-8-10(11)12-9(2)3;12-7(9-3-8(13)14)1-2-17-4-6(19-11-16)5-18-10-15;/h1,3-4,7-8,15-17H,2,5-6,9-13H2;4-5,9H,6-8H2,1-3H3;6H,1-5H2,(H,9,12)(H,13,14);1H2/b;5-4-;;. The summed E-state index contributed by atoms with van der Waals surface area (Å²) in [6, 6.07) is 10.8. The van der Waals surface area contributed by atoms with E-state index in [0.717, 1.165) is 31.6 Å². The fourth-order valence-electron chi connectivity index (χ4n) is 4.67. The number of hydrogen-bond donors (Lipinski definition) is 3. The van der Waals surface area contributed by atoms with Crippen molar-refractivity contribution in [1.29, 1.82) is 0 Å². The number of unbranched alkanes of at least 4 members (excludes halogenated alkanes) is 3. The molecule has 0 saturated heterocycles. The molecule has 5 N–H and O–H groups in total. The number of aliphatic carboxylic acids is 1. The maximum Gasteiger partial charge on any atom is 0.322 e. The van der Waals surface area contributed by atoms with Crippen LogP contribution in [0.15, 0.2) is 53.2 Å². The van der Waals surface area contributed by atoms with Gasteiger partial charge in [0.15, 0.2) is 23.4 Å². The highest BCUT2D eigenvalue weighted by molar-refractivity contribution is 5.81. The third kappa shape index (κ3) is 31.1. The Balaban J connectivity index is 0. The maximum absolute atomic E-state index is 11.1. The minimum Gasteiger partial charge on any atom is -0.480 e. The summed E-state index contributed by atoms with van der Waals surface area (Å²) in [6.45, 7) is 4.74. The SMILES string of the molecule is C/C=C\CCCC(=O)OC(C)C.O.O=NOCC(COCCC(=O)NCC(=O)O)ON=O.OC1CCC(CCCCCc2ccccc2)C1. The van der Waals surface area contributed by atoms with E-state index in [4.69, 9.17) is 14.6 Å². The molecule has 280 valence electrons. The van der Waals surface area contributed by atoms with Crippen molar-refractivity contribution in [2.75, 3.05) is 26.4 Å². The van der Waals surface area contributed by atoms with Crippen molar-refractivity contribution in [1.82, 2.24) is 5.32 Å². The molecule has 0 radical (unpaired) electrons. The number of aryl methyl sites for hydroxylation is 1. The van der Waals surface area contributed by atoms with Crippen molar-refractivity contribution in [3.05, 3.63) is 57.9 Å². The number of carbonyl (C=O) groups is 3. The molecular formula is C34H57N3O12. The van der Waals surface area contributed by atoms with Gasteiger partial charge in [0.1, 0.15) is 6.54 Å². The Morgan fingerprint density at radius 3 is 2.33 bits per heavy atom. The molecule has 0 spiro atoms. The number of hydrogen-bond acceptors (Lipinski definition) is 12. The summed E-state index contributed by atoms with van der Waals surface area (Å²) in [4.78, 5) is 60.1. The summed E-state index contributed by atoms with van der Waals surface area (Å²) in [7, 11) is 0.